The molecule has 0 amide bonds. The van der Waals surface area contributed by atoms with Crippen molar-refractivity contribution in [3.05, 3.63) is 83.2 Å². The maximum absolute atomic E-state index is 9.25. The van der Waals surface area contributed by atoms with Crippen LogP contribution in [0.1, 0.15) is 24.2 Å². The molecule has 0 saturated heterocycles. The quantitative estimate of drug-likeness (QED) is 0.613. The summed E-state index contributed by atoms with van der Waals surface area (Å²) in [5, 5.41) is 9.72. The number of nitriles is 1. The fourth-order valence-corrected chi connectivity index (χ4v) is 3.17. The van der Waals surface area contributed by atoms with Gasteiger partial charge in [0.25, 0.3) is 0 Å². The number of hydrogen-bond acceptors (Lipinski definition) is 4. The van der Waals surface area contributed by atoms with E-state index >= 15 is 0 Å². The van der Waals surface area contributed by atoms with E-state index in [2.05, 4.69) is 22.1 Å². The zero-order chi connectivity index (χ0) is 18.6. The smallest absolute Gasteiger partial charge is 0.164 e. The SMILES string of the molecule is N#Cc1cc(Cl)cc(-c2nc(C3=CC=CCC3)nc(-c3ccccc3)n2)c1. The Balaban J connectivity index is 1.91. The fraction of sp³-hybridized carbons (Fsp3) is 0.0909. The van der Waals surface area contributed by atoms with Crippen LogP contribution in [0.3, 0.4) is 0 Å². The molecule has 4 nitrogen and oxygen atoms in total. The first-order valence-corrected chi connectivity index (χ1v) is 8.99. The number of nitrogens with zero attached hydrogens (tertiary/aromatic N) is 4. The number of allylic oxidation sites excluding steroid dienone is 4. The van der Waals surface area contributed by atoms with Gasteiger partial charge in [0.1, 0.15) is 0 Å². The average Bonchev–Trinajstić information content (AvgIpc) is 2.74. The normalized spacial score (nSPS) is 13.1. The summed E-state index contributed by atoms with van der Waals surface area (Å²) in [5.74, 6) is 1.76. The van der Waals surface area contributed by atoms with Crippen LogP contribution in [0.25, 0.3) is 28.3 Å². The van der Waals surface area contributed by atoms with E-state index in [1.54, 1.807) is 18.2 Å². The Hall–Kier alpha value is -3.29. The number of aromatic nitrogens is 3. The largest absolute Gasteiger partial charge is 0.209 e. The van der Waals surface area contributed by atoms with Crippen molar-refractivity contribution < 1.29 is 0 Å². The average molecular weight is 371 g/mol. The molecule has 0 spiro atoms. The van der Waals surface area contributed by atoms with E-state index in [0.717, 1.165) is 24.0 Å². The molecule has 0 fully saturated rings. The summed E-state index contributed by atoms with van der Waals surface area (Å²) in [6.07, 6.45) is 8.03. The van der Waals surface area contributed by atoms with Crippen molar-refractivity contribution in [2.45, 2.75) is 12.8 Å². The highest BCUT2D eigenvalue weighted by molar-refractivity contribution is 6.31. The number of hydrogen-bond donors (Lipinski definition) is 0. The highest BCUT2D eigenvalue weighted by atomic mass is 35.5. The van der Waals surface area contributed by atoms with Crippen LogP contribution in [0.5, 0.6) is 0 Å². The Labute approximate surface area is 162 Å². The van der Waals surface area contributed by atoms with E-state index in [-0.39, 0.29) is 0 Å². The van der Waals surface area contributed by atoms with E-state index in [1.807, 2.05) is 42.5 Å². The van der Waals surface area contributed by atoms with Crippen LogP contribution in [-0.4, -0.2) is 15.0 Å². The van der Waals surface area contributed by atoms with Gasteiger partial charge in [-0.25, -0.2) is 15.0 Å². The zero-order valence-electron chi connectivity index (χ0n) is 14.4. The van der Waals surface area contributed by atoms with Gasteiger partial charge in [-0.1, -0.05) is 60.2 Å². The fourth-order valence-electron chi connectivity index (χ4n) is 2.94. The molecule has 0 saturated carbocycles. The third-order valence-electron chi connectivity index (χ3n) is 4.25. The molecule has 4 rings (SSSR count). The van der Waals surface area contributed by atoms with Gasteiger partial charge >= 0.3 is 0 Å². The molecular weight excluding hydrogens is 356 g/mol. The lowest BCUT2D eigenvalue weighted by Gasteiger charge is -2.11. The van der Waals surface area contributed by atoms with Gasteiger partial charge < -0.3 is 0 Å². The minimum absolute atomic E-state index is 0.473. The Kier molecular flexibility index (Phi) is 4.78. The molecule has 130 valence electrons. The summed E-state index contributed by atoms with van der Waals surface area (Å²) in [4.78, 5) is 14.0. The number of benzene rings is 2. The molecule has 0 atom stereocenters. The third-order valence-corrected chi connectivity index (χ3v) is 4.47. The molecule has 1 heterocycles. The van der Waals surface area contributed by atoms with E-state index in [1.165, 1.54) is 0 Å². The topological polar surface area (TPSA) is 62.5 Å². The molecule has 1 aliphatic rings. The van der Waals surface area contributed by atoms with E-state index < -0.39 is 0 Å². The van der Waals surface area contributed by atoms with Gasteiger partial charge in [-0.2, -0.15) is 5.26 Å². The monoisotopic (exact) mass is 370 g/mol. The minimum Gasteiger partial charge on any atom is -0.209 e. The van der Waals surface area contributed by atoms with E-state index in [9.17, 15) is 5.26 Å². The highest BCUT2D eigenvalue weighted by Gasteiger charge is 2.15. The van der Waals surface area contributed by atoms with Gasteiger partial charge in [0.15, 0.2) is 17.5 Å². The second-order valence-corrected chi connectivity index (χ2v) is 6.61. The van der Waals surface area contributed by atoms with Gasteiger partial charge in [0.05, 0.1) is 11.6 Å². The Bertz CT molecular complexity index is 1100. The molecule has 0 radical (unpaired) electrons. The predicted molar refractivity (Wildman–Crippen MR) is 107 cm³/mol. The summed E-state index contributed by atoms with van der Waals surface area (Å²) in [5.41, 5.74) is 3.16. The van der Waals surface area contributed by atoms with Crippen molar-refractivity contribution in [1.82, 2.24) is 15.0 Å². The van der Waals surface area contributed by atoms with Gasteiger partial charge in [0.2, 0.25) is 0 Å². The predicted octanol–water partition coefficient (Wildman–Crippen LogP) is 5.46. The van der Waals surface area contributed by atoms with Crippen LogP contribution in [0.15, 0.2) is 66.8 Å². The highest BCUT2D eigenvalue weighted by Crippen LogP contribution is 2.27. The van der Waals surface area contributed by atoms with E-state index in [0.29, 0.717) is 33.6 Å². The van der Waals surface area contributed by atoms with Crippen LogP contribution in [-0.2, 0) is 0 Å². The maximum atomic E-state index is 9.25. The number of rotatable bonds is 3. The lowest BCUT2D eigenvalue weighted by atomic mass is 10.0. The molecule has 2 aromatic carbocycles. The minimum atomic E-state index is 0.473. The van der Waals surface area contributed by atoms with Crippen LogP contribution in [0, 0.1) is 11.3 Å². The molecule has 27 heavy (non-hydrogen) atoms. The first kappa shape index (κ1) is 17.1. The summed E-state index contributed by atoms with van der Waals surface area (Å²) < 4.78 is 0. The summed E-state index contributed by atoms with van der Waals surface area (Å²) in [6, 6.07) is 17.1. The van der Waals surface area contributed by atoms with Gasteiger partial charge in [-0.05, 0) is 36.6 Å². The second-order valence-electron chi connectivity index (χ2n) is 6.17. The van der Waals surface area contributed by atoms with Crippen molar-refractivity contribution in [3.8, 4) is 28.8 Å². The van der Waals surface area contributed by atoms with Crippen molar-refractivity contribution >= 4 is 17.2 Å². The maximum Gasteiger partial charge on any atom is 0.164 e. The van der Waals surface area contributed by atoms with Crippen molar-refractivity contribution in [2.75, 3.05) is 0 Å². The first-order chi connectivity index (χ1) is 13.2. The third kappa shape index (κ3) is 3.79. The van der Waals surface area contributed by atoms with Crippen LogP contribution in [0.2, 0.25) is 5.02 Å². The van der Waals surface area contributed by atoms with Crippen molar-refractivity contribution in [2.24, 2.45) is 0 Å². The summed E-state index contributed by atoms with van der Waals surface area (Å²) >= 11 is 6.18. The molecule has 3 aromatic rings. The molecular formula is C22H15ClN4. The molecule has 5 heteroatoms. The molecule has 1 aliphatic carbocycles. The first-order valence-electron chi connectivity index (χ1n) is 8.61. The lowest BCUT2D eigenvalue weighted by Crippen LogP contribution is -2.03. The van der Waals surface area contributed by atoms with Crippen molar-refractivity contribution in [3.63, 3.8) is 0 Å². The molecule has 0 unspecified atom stereocenters. The molecule has 0 bridgehead atoms. The Morgan fingerprint density at radius 3 is 2.33 bits per heavy atom. The van der Waals surface area contributed by atoms with Crippen molar-refractivity contribution in [1.29, 1.82) is 5.26 Å². The summed E-state index contributed by atoms with van der Waals surface area (Å²) in [6.45, 7) is 0. The van der Waals surface area contributed by atoms with Gasteiger partial charge in [-0.3, -0.25) is 0 Å². The second kappa shape index (κ2) is 7.53. The van der Waals surface area contributed by atoms with Crippen LogP contribution < -0.4 is 0 Å². The number of halogens is 1. The lowest BCUT2D eigenvalue weighted by molar-refractivity contribution is 0.978. The molecule has 1 aromatic heterocycles. The Morgan fingerprint density at radius 2 is 1.63 bits per heavy atom. The molecule has 0 aliphatic heterocycles. The zero-order valence-corrected chi connectivity index (χ0v) is 15.2. The van der Waals surface area contributed by atoms with Crippen LogP contribution >= 0.6 is 11.6 Å². The Morgan fingerprint density at radius 1 is 0.889 bits per heavy atom. The van der Waals surface area contributed by atoms with Gasteiger partial charge in [0, 0.05) is 16.1 Å². The van der Waals surface area contributed by atoms with Crippen LogP contribution in [0.4, 0.5) is 0 Å². The van der Waals surface area contributed by atoms with E-state index in [4.69, 9.17) is 16.6 Å². The van der Waals surface area contributed by atoms with Gasteiger partial charge in [-0.15, -0.1) is 0 Å². The molecule has 0 N–H and O–H groups in total. The summed E-state index contributed by atoms with van der Waals surface area (Å²) in [7, 11) is 0. The standard InChI is InChI=1S/C22H15ClN4/c23-19-12-15(14-24)11-18(13-19)22-26-20(16-7-3-1-4-8-16)25-21(27-22)17-9-5-2-6-10-17/h1-5,7-9,11-13H,6,10H2.